The molecule has 12 nitrogen and oxygen atoms in total. The van der Waals surface area contributed by atoms with Gasteiger partial charge in [-0.2, -0.15) is 5.10 Å². The van der Waals surface area contributed by atoms with E-state index in [1.165, 1.54) is 23.8 Å². The molecule has 3 aliphatic heterocycles. The van der Waals surface area contributed by atoms with E-state index in [0.29, 0.717) is 49.7 Å². The van der Waals surface area contributed by atoms with Crippen molar-refractivity contribution in [2.75, 3.05) is 38.0 Å². The molecule has 4 aromatic rings. The van der Waals surface area contributed by atoms with Gasteiger partial charge in [0.2, 0.25) is 17.7 Å². The third kappa shape index (κ3) is 8.43. The summed E-state index contributed by atoms with van der Waals surface area (Å²) in [4.78, 5) is 58.5. The molecule has 2 N–H and O–H groups in total. The molecule has 0 spiro atoms. The smallest absolute Gasteiger partial charge is 0.280 e. The molecule has 5 heterocycles. The summed E-state index contributed by atoms with van der Waals surface area (Å²) in [5.41, 5.74) is 2.65. The van der Waals surface area contributed by atoms with Gasteiger partial charge in [-0.15, -0.1) is 0 Å². The largest absolute Gasteiger partial charge is 0.490 e. The molecule has 1 atom stereocenters. The number of fused-ring (bicyclic) bond motifs is 1. The lowest BCUT2D eigenvalue weighted by molar-refractivity contribution is -0.135. The Hall–Kier alpha value is -5.24. The highest BCUT2D eigenvalue weighted by Crippen LogP contribution is 2.33. The number of likely N-dealkylation sites (tertiary alicyclic amines) is 2. The van der Waals surface area contributed by atoms with Crippen LogP contribution in [0.2, 0.25) is 0 Å². The third-order valence-electron chi connectivity index (χ3n) is 10.7. The first-order chi connectivity index (χ1) is 26.0. The van der Waals surface area contributed by atoms with Crippen LogP contribution in [0.1, 0.15) is 104 Å². The molecule has 14 heteroatoms. The van der Waals surface area contributed by atoms with E-state index < -0.39 is 18.0 Å². The van der Waals surface area contributed by atoms with E-state index in [-0.39, 0.29) is 47.2 Å². The lowest BCUT2D eigenvalue weighted by Gasteiger charge is -2.36. The van der Waals surface area contributed by atoms with Gasteiger partial charge in [0.05, 0.1) is 35.7 Å². The summed E-state index contributed by atoms with van der Waals surface area (Å²) in [6.07, 6.45) is 3.21. The number of pyridine rings is 1. The summed E-state index contributed by atoms with van der Waals surface area (Å²) in [6.45, 7) is 7.01. The topological polar surface area (TPSA) is 139 Å². The van der Waals surface area contributed by atoms with Gasteiger partial charge in [0, 0.05) is 37.2 Å². The average Bonchev–Trinajstić information content (AvgIpc) is 3.58. The zero-order valence-corrected chi connectivity index (χ0v) is 30.5. The maximum Gasteiger partial charge on any atom is 0.280 e. The van der Waals surface area contributed by atoms with Crippen LogP contribution in [0, 0.1) is 0 Å². The second-order valence-electron chi connectivity index (χ2n) is 14.7. The van der Waals surface area contributed by atoms with Crippen LogP contribution in [0.3, 0.4) is 0 Å². The van der Waals surface area contributed by atoms with Gasteiger partial charge in [0.15, 0.2) is 0 Å². The molecule has 4 amide bonds. The highest BCUT2D eigenvalue weighted by molar-refractivity contribution is 6.08. The molecule has 0 bridgehead atoms. The summed E-state index contributed by atoms with van der Waals surface area (Å²) >= 11 is 0. The number of aromatic nitrogens is 3. The van der Waals surface area contributed by atoms with Crippen molar-refractivity contribution in [3.8, 4) is 5.75 Å². The summed E-state index contributed by atoms with van der Waals surface area (Å²) in [6, 6.07) is 15.8. The Morgan fingerprint density at radius 2 is 1.67 bits per heavy atom. The maximum absolute atomic E-state index is 13.4. The van der Waals surface area contributed by atoms with Crippen LogP contribution in [0.25, 0.3) is 10.9 Å². The lowest BCUT2D eigenvalue weighted by Crippen LogP contribution is -2.46. The van der Waals surface area contributed by atoms with E-state index in [4.69, 9.17) is 9.84 Å². The number of nitrogens with zero attached hydrogens (tertiary/aromatic N) is 5. The quantitative estimate of drug-likeness (QED) is 0.190. The van der Waals surface area contributed by atoms with Crippen LogP contribution in [-0.4, -0.2) is 87.0 Å². The van der Waals surface area contributed by atoms with Gasteiger partial charge in [-0.1, -0.05) is 30.3 Å². The Morgan fingerprint density at radius 3 is 2.35 bits per heavy atom. The van der Waals surface area contributed by atoms with Crippen molar-refractivity contribution >= 4 is 40.3 Å². The standard InChI is InChI=1S/C40H45F2N7O5/c1-24(2)54-34-21-33-28(20-31(34)40(53)44-35-5-3-4-32(43-35)38(41)42)22-49(46-33)29-14-18-48(19-15-29)37(51)23-47-16-12-26(13-17-47)25-6-8-27(9-7-25)30-10-11-36(50)45-39(30)52/h3-9,20-22,24,26,29-30,38H,10-19,23H2,1-2H3,(H,43,44,53)(H,45,50,52). The van der Waals surface area contributed by atoms with Crippen LogP contribution in [-0.2, 0) is 14.4 Å². The second-order valence-corrected chi connectivity index (χ2v) is 14.7. The number of carbonyl (C=O) groups is 4. The van der Waals surface area contributed by atoms with Crippen molar-refractivity contribution < 1.29 is 32.7 Å². The number of amides is 4. The molecule has 54 heavy (non-hydrogen) atoms. The van der Waals surface area contributed by atoms with E-state index in [2.05, 4.69) is 32.7 Å². The number of nitrogens with one attached hydrogen (secondary N) is 2. The first-order valence-electron chi connectivity index (χ1n) is 18.7. The molecule has 2 aromatic carbocycles. The van der Waals surface area contributed by atoms with Crippen molar-refractivity contribution in [2.24, 2.45) is 0 Å². The first kappa shape index (κ1) is 37.1. The van der Waals surface area contributed by atoms with E-state index in [0.717, 1.165) is 49.7 Å². The number of benzene rings is 2. The van der Waals surface area contributed by atoms with Gasteiger partial charge >= 0.3 is 0 Å². The Balaban J connectivity index is 0.919. The molecule has 3 fully saturated rings. The fourth-order valence-corrected chi connectivity index (χ4v) is 7.72. The Labute approximate surface area is 312 Å². The predicted octanol–water partition coefficient (Wildman–Crippen LogP) is 5.97. The van der Waals surface area contributed by atoms with E-state index in [1.54, 1.807) is 12.1 Å². The first-order valence-corrected chi connectivity index (χ1v) is 18.7. The highest BCUT2D eigenvalue weighted by Gasteiger charge is 2.30. The van der Waals surface area contributed by atoms with Crippen molar-refractivity contribution in [3.05, 3.63) is 83.2 Å². The number of hydrogen-bond acceptors (Lipinski definition) is 8. The zero-order chi connectivity index (χ0) is 37.9. The van der Waals surface area contributed by atoms with Crippen molar-refractivity contribution in [1.82, 2.24) is 29.9 Å². The van der Waals surface area contributed by atoms with Gasteiger partial charge in [-0.25, -0.2) is 13.8 Å². The highest BCUT2D eigenvalue weighted by atomic mass is 19.3. The second kappa shape index (κ2) is 16.0. The molecular weight excluding hydrogens is 696 g/mol. The van der Waals surface area contributed by atoms with E-state index in [1.807, 2.05) is 41.8 Å². The molecule has 0 radical (unpaired) electrons. The molecule has 3 saturated heterocycles. The molecule has 284 valence electrons. The minimum absolute atomic E-state index is 0.0190. The van der Waals surface area contributed by atoms with E-state index in [9.17, 15) is 28.0 Å². The number of ether oxygens (including phenoxy) is 1. The summed E-state index contributed by atoms with van der Waals surface area (Å²) in [5, 5.41) is 10.6. The number of rotatable bonds is 10. The summed E-state index contributed by atoms with van der Waals surface area (Å²) in [5.74, 6) is -0.370. The van der Waals surface area contributed by atoms with Gasteiger partial charge in [0.25, 0.3) is 12.3 Å². The normalized spacial score (nSPS) is 19.1. The monoisotopic (exact) mass is 741 g/mol. The lowest BCUT2D eigenvalue weighted by atomic mass is 9.86. The molecular formula is C40H45F2N7O5. The number of anilines is 1. The number of alkyl halides is 2. The zero-order valence-electron chi connectivity index (χ0n) is 30.5. The molecule has 3 aliphatic rings. The van der Waals surface area contributed by atoms with Crippen LogP contribution in [0.5, 0.6) is 5.75 Å². The minimum Gasteiger partial charge on any atom is -0.490 e. The van der Waals surface area contributed by atoms with Crippen LogP contribution >= 0.6 is 0 Å². The Bertz CT molecular complexity index is 2020. The van der Waals surface area contributed by atoms with Gasteiger partial charge in [-0.3, -0.25) is 34.1 Å². The SMILES string of the molecule is CC(C)Oc1cc2nn(C3CCN(C(=O)CN4CCC(c5ccc(C6CCC(=O)NC6=O)cc5)CC4)CC3)cc2cc1C(=O)Nc1cccc(C(F)F)n1. The van der Waals surface area contributed by atoms with Crippen LogP contribution in [0.4, 0.5) is 14.6 Å². The molecule has 7 rings (SSSR count). The predicted molar refractivity (Wildman–Crippen MR) is 197 cm³/mol. The fraction of sp³-hybridized carbons (Fsp3) is 0.450. The Kier molecular flexibility index (Phi) is 11.0. The number of hydrogen-bond donors (Lipinski definition) is 2. The third-order valence-corrected chi connectivity index (χ3v) is 10.7. The van der Waals surface area contributed by atoms with Crippen molar-refractivity contribution in [3.63, 3.8) is 0 Å². The van der Waals surface area contributed by atoms with Crippen LogP contribution < -0.4 is 15.4 Å². The van der Waals surface area contributed by atoms with Gasteiger partial charge < -0.3 is 15.0 Å². The summed E-state index contributed by atoms with van der Waals surface area (Å²) < 4.78 is 34.3. The molecule has 0 aliphatic carbocycles. The Morgan fingerprint density at radius 1 is 0.944 bits per heavy atom. The minimum atomic E-state index is -2.76. The van der Waals surface area contributed by atoms with Crippen LogP contribution in [0.15, 0.2) is 60.8 Å². The van der Waals surface area contributed by atoms with E-state index >= 15 is 0 Å². The summed E-state index contributed by atoms with van der Waals surface area (Å²) in [7, 11) is 0. The average molecular weight is 742 g/mol. The molecule has 1 unspecified atom stereocenters. The maximum atomic E-state index is 13.4. The van der Waals surface area contributed by atoms with Crippen molar-refractivity contribution in [2.45, 2.75) is 82.8 Å². The fourth-order valence-electron chi connectivity index (χ4n) is 7.72. The number of imide groups is 1. The number of halogens is 2. The molecule has 0 saturated carbocycles. The van der Waals surface area contributed by atoms with Gasteiger partial charge in [-0.05, 0) is 94.3 Å². The number of piperidine rings is 3. The molecule has 2 aromatic heterocycles. The number of carbonyl (C=O) groups excluding carboxylic acids is 4. The van der Waals surface area contributed by atoms with Gasteiger partial charge in [0.1, 0.15) is 17.3 Å². The van der Waals surface area contributed by atoms with Crippen molar-refractivity contribution in [1.29, 1.82) is 0 Å².